The minimum atomic E-state index is -3.11. The van der Waals surface area contributed by atoms with Crippen LogP contribution in [0.15, 0.2) is 29.2 Å². The van der Waals surface area contributed by atoms with Crippen LogP contribution in [0.25, 0.3) is 0 Å². The van der Waals surface area contributed by atoms with Crippen LogP contribution in [0.4, 0.5) is 0 Å². The van der Waals surface area contributed by atoms with E-state index in [1.165, 1.54) is 0 Å². The van der Waals surface area contributed by atoms with Crippen molar-refractivity contribution in [3.63, 3.8) is 0 Å². The van der Waals surface area contributed by atoms with Gasteiger partial charge in [-0.05, 0) is 37.1 Å². The van der Waals surface area contributed by atoms with E-state index < -0.39 is 9.84 Å². The van der Waals surface area contributed by atoms with Gasteiger partial charge in [-0.3, -0.25) is 4.90 Å². The van der Waals surface area contributed by atoms with Crippen molar-refractivity contribution in [1.29, 1.82) is 0 Å². The van der Waals surface area contributed by atoms with E-state index in [0.29, 0.717) is 4.90 Å². The largest absolute Gasteiger partial charge is 0.283 e. The third-order valence-electron chi connectivity index (χ3n) is 3.27. The van der Waals surface area contributed by atoms with Crippen LogP contribution in [0.3, 0.4) is 0 Å². The second-order valence-corrected chi connectivity index (χ2v) is 6.37. The maximum Gasteiger partial charge on any atom is 0.194 e. The van der Waals surface area contributed by atoms with Gasteiger partial charge in [-0.15, -0.1) is 0 Å². The van der Waals surface area contributed by atoms with Crippen molar-refractivity contribution in [1.82, 2.24) is 4.90 Å². The fourth-order valence-electron chi connectivity index (χ4n) is 2.54. The van der Waals surface area contributed by atoms with Gasteiger partial charge in [-0.25, -0.2) is 8.42 Å². The first kappa shape index (κ1) is 9.36. The maximum atomic E-state index is 12.2. The summed E-state index contributed by atoms with van der Waals surface area (Å²) in [6.45, 7) is 1.68. The number of benzene rings is 1. The normalized spacial score (nSPS) is 28.4. The van der Waals surface area contributed by atoms with Gasteiger partial charge < -0.3 is 0 Å². The van der Waals surface area contributed by atoms with Crippen molar-refractivity contribution < 1.29 is 8.42 Å². The van der Waals surface area contributed by atoms with E-state index >= 15 is 0 Å². The quantitative estimate of drug-likeness (QED) is 0.667. The minimum Gasteiger partial charge on any atom is -0.283 e. The summed E-state index contributed by atoms with van der Waals surface area (Å²) < 4.78 is 24.5. The minimum absolute atomic E-state index is 0.280. The van der Waals surface area contributed by atoms with E-state index in [9.17, 15) is 8.42 Å². The zero-order valence-electron chi connectivity index (χ0n) is 8.39. The smallest absolute Gasteiger partial charge is 0.194 e. The van der Waals surface area contributed by atoms with Crippen LogP contribution >= 0.6 is 0 Å². The van der Waals surface area contributed by atoms with Crippen molar-refractivity contribution >= 4 is 9.84 Å². The van der Waals surface area contributed by atoms with Gasteiger partial charge in [0.1, 0.15) is 5.37 Å². The summed E-state index contributed by atoms with van der Waals surface area (Å²) in [4.78, 5) is 2.58. The molecule has 1 aromatic carbocycles. The summed E-state index contributed by atoms with van der Waals surface area (Å²) in [7, 11) is -3.11. The van der Waals surface area contributed by atoms with Gasteiger partial charge >= 0.3 is 0 Å². The number of rotatable bonds is 0. The van der Waals surface area contributed by atoms with E-state index in [1.807, 2.05) is 18.2 Å². The van der Waals surface area contributed by atoms with Crippen LogP contribution in [-0.2, 0) is 16.4 Å². The highest BCUT2D eigenvalue weighted by molar-refractivity contribution is 7.92. The average Bonchev–Trinajstić information content (AvgIpc) is 2.64. The summed E-state index contributed by atoms with van der Waals surface area (Å²) in [6, 6.07) is 7.36. The summed E-state index contributed by atoms with van der Waals surface area (Å²) in [6.07, 6.45) is 1.77. The lowest BCUT2D eigenvalue weighted by Gasteiger charge is -2.20. The molecule has 0 aromatic heterocycles. The van der Waals surface area contributed by atoms with Gasteiger partial charge in [0.15, 0.2) is 9.84 Å². The summed E-state index contributed by atoms with van der Waals surface area (Å²) in [5.41, 5.74) is 1.11. The molecule has 0 saturated carbocycles. The molecule has 0 radical (unpaired) electrons. The number of hydrogen-bond acceptors (Lipinski definition) is 3. The molecule has 1 saturated heterocycles. The molecular weight excluding hydrogens is 210 g/mol. The number of sulfone groups is 1. The fraction of sp³-hybridized carbons (Fsp3) is 0.455. The van der Waals surface area contributed by atoms with E-state index in [4.69, 9.17) is 0 Å². The van der Waals surface area contributed by atoms with Crippen molar-refractivity contribution in [2.45, 2.75) is 29.7 Å². The summed E-state index contributed by atoms with van der Waals surface area (Å²) in [5.74, 6) is 0. The Morgan fingerprint density at radius 2 is 2.20 bits per heavy atom. The molecule has 0 spiro atoms. The average molecular weight is 223 g/mol. The van der Waals surface area contributed by atoms with Crippen molar-refractivity contribution in [3.05, 3.63) is 29.8 Å². The predicted octanol–water partition coefficient (Wildman–Crippen LogP) is 1.40. The topological polar surface area (TPSA) is 37.4 Å². The van der Waals surface area contributed by atoms with Crippen molar-refractivity contribution in [3.8, 4) is 0 Å². The molecule has 80 valence electrons. The molecule has 1 fully saturated rings. The fourth-order valence-corrected chi connectivity index (χ4v) is 4.49. The van der Waals surface area contributed by atoms with E-state index in [-0.39, 0.29) is 5.37 Å². The molecular formula is C11H13NO2S. The molecule has 3 rings (SSSR count). The first-order chi connectivity index (χ1) is 7.18. The Hall–Kier alpha value is -0.870. The summed E-state index contributed by atoms with van der Waals surface area (Å²) >= 11 is 0. The SMILES string of the molecule is O=S1(=O)c2cccc(c2)CN2CCCC21. The second kappa shape index (κ2) is 3.06. The lowest BCUT2D eigenvalue weighted by Crippen LogP contribution is -2.33. The molecule has 1 atom stereocenters. The van der Waals surface area contributed by atoms with Crippen molar-refractivity contribution in [2.75, 3.05) is 6.54 Å². The van der Waals surface area contributed by atoms with Gasteiger partial charge in [-0.1, -0.05) is 12.1 Å². The molecule has 0 aliphatic carbocycles. The molecule has 0 amide bonds. The van der Waals surface area contributed by atoms with Gasteiger partial charge in [0, 0.05) is 6.54 Å². The lowest BCUT2D eigenvalue weighted by molar-refractivity contribution is 0.301. The monoisotopic (exact) mass is 223 g/mol. The Labute approximate surface area is 89.6 Å². The molecule has 1 aromatic rings. The van der Waals surface area contributed by atoms with Crippen molar-refractivity contribution in [2.24, 2.45) is 0 Å². The van der Waals surface area contributed by atoms with Crippen LogP contribution in [0.5, 0.6) is 0 Å². The molecule has 0 N–H and O–H groups in total. The summed E-state index contributed by atoms with van der Waals surface area (Å²) in [5, 5.41) is -0.280. The van der Waals surface area contributed by atoms with Crippen LogP contribution < -0.4 is 0 Å². The highest BCUT2D eigenvalue weighted by Crippen LogP contribution is 2.32. The second-order valence-electron chi connectivity index (χ2n) is 4.26. The number of fused-ring (bicyclic) bond motifs is 3. The Morgan fingerprint density at radius 1 is 1.33 bits per heavy atom. The Balaban J connectivity index is 2.21. The third-order valence-corrected chi connectivity index (χ3v) is 5.44. The van der Waals surface area contributed by atoms with E-state index in [2.05, 4.69) is 4.90 Å². The number of nitrogens with zero attached hydrogens (tertiary/aromatic N) is 1. The third kappa shape index (κ3) is 1.32. The van der Waals surface area contributed by atoms with Crippen LogP contribution in [0.2, 0.25) is 0 Å². The molecule has 4 heteroatoms. The van der Waals surface area contributed by atoms with Crippen LogP contribution in [0.1, 0.15) is 18.4 Å². The van der Waals surface area contributed by atoms with Crippen LogP contribution in [-0.4, -0.2) is 25.2 Å². The molecule has 15 heavy (non-hydrogen) atoms. The maximum absolute atomic E-state index is 12.2. The highest BCUT2D eigenvalue weighted by Gasteiger charge is 2.38. The Bertz CT molecular complexity index is 495. The molecule has 3 nitrogen and oxygen atoms in total. The number of hydrogen-bond donors (Lipinski definition) is 0. The predicted molar refractivity (Wildman–Crippen MR) is 57.1 cm³/mol. The first-order valence-electron chi connectivity index (χ1n) is 5.25. The zero-order chi connectivity index (χ0) is 10.5. The van der Waals surface area contributed by atoms with E-state index in [0.717, 1.165) is 31.5 Å². The van der Waals surface area contributed by atoms with Gasteiger partial charge in [0.05, 0.1) is 4.90 Å². The zero-order valence-corrected chi connectivity index (χ0v) is 9.20. The molecule has 2 aliphatic rings. The van der Waals surface area contributed by atoms with E-state index in [1.54, 1.807) is 6.07 Å². The van der Waals surface area contributed by atoms with Gasteiger partial charge in [0.25, 0.3) is 0 Å². The molecule has 1 unspecified atom stereocenters. The molecule has 2 aliphatic heterocycles. The Kier molecular flexibility index (Phi) is 1.91. The molecule has 2 bridgehead atoms. The standard InChI is InChI=1S/C11H13NO2S/c13-15(14)10-4-1-3-9(7-10)8-12-6-2-5-11(12)15/h1,3-4,7,11H,2,5-6,8H2. The van der Waals surface area contributed by atoms with Gasteiger partial charge in [0.2, 0.25) is 0 Å². The van der Waals surface area contributed by atoms with Gasteiger partial charge in [-0.2, -0.15) is 0 Å². The molecule has 2 heterocycles. The lowest BCUT2D eigenvalue weighted by atomic mass is 10.2. The highest BCUT2D eigenvalue weighted by atomic mass is 32.2. The first-order valence-corrected chi connectivity index (χ1v) is 6.79. The van der Waals surface area contributed by atoms with Crippen LogP contribution in [0, 0.1) is 0 Å². The Morgan fingerprint density at radius 3 is 3.07 bits per heavy atom.